The van der Waals surface area contributed by atoms with Crippen LogP contribution in [0.25, 0.3) is 11.1 Å². The number of benzene rings is 3. The smallest absolute Gasteiger partial charge is 0.110 e. The molecular weight excluding hydrogens is 667 g/mol. The predicted molar refractivity (Wildman–Crippen MR) is 247 cm³/mol. The Morgan fingerprint density at radius 2 is 1.20 bits per heavy atom. The van der Waals surface area contributed by atoms with Gasteiger partial charge in [-0.1, -0.05) is 173 Å². The van der Waals surface area contributed by atoms with Crippen molar-refractivity contribution in [1.29, 1.82) is 0 Å². The number of hydrogen-bond acceptors (Lipinski definition) is 2. The normalized spacial score (nSPS) is 13.6. The van der Waals surface area contributed by atoms with Gasteiger partial charge in [-0.3, -0.25) is 0 Å². The molecule has 0 bridgehead atoms. The molecule has 296 valence electrons. The highest BCUT2D eigenvalue weighted by Crippen LogP contribution is 2.54. The summed E-state index contributed by atoms with van der Waals surface area (Å²) in [6, 6.07) is 31.8. The van der Waals surface area contributed by atoms with Crippen LogP contribution in [0.3, 0.4) is 0 Å². The molecule has 2 N–H and O–H groups in total. The third kappa shape index (κ3) is 12.2. The first kappa shape index (κ1) is 44.9. The minimum Gasteiger partial charge on any atom is -0.356 e. The minimum atomic E-state index is 0.132. The maximum absolute atomic E-state index is 3.88. The predicted octanol–water partition coefficient (Wildman–Crippen LogP) is 16.5. The molecule has 3 nitrogen and oxygen atoms in total. The first-order valence-electron chi connectivity index (χ1n) is 21.6. The summed E-state index contributed by atoms with van der Waals surface area (Å²) in [5, 5.41) is 3.30. The molecular formula is C52H73N3. The molecule has 0 amide bonds. The summed E-state index contributed by atoms with van der Waals surface area (Å²) in [5.41, 5.74) is 13.5. The van der Waals surface area contributed by atoms with E-state index in [1.165, 1.54) is 109 Å². The van der Waals surface area contributed by atoms with Crippen LogP contribution >= 0.6 is 0 Å². The molecule has 0 fully saturated rings. The summed E-state index contributed by atoms with van der Waals surface area (Å²) >= 11 is 0. The molecule has 4 aromatic rings. The zero-order valence-corrected chi connectivity index (χ0v) is 36.2. The molecule has 0 spiro atoms. The van der Waals surface area contributed by atoms with E-state index in [0.717, 1.165) is 17.8 Å². The van der Waals surface area contributed by atoms with Crippen LogP contribution in [-0.2, 0) is 5.41 Å². The summed E-state index contributed by atoms with van der Waals surface area (Å²) in [6.45, 7) is 19.4. The number of hydrogen-bond donors (Lipinski definition) is 2. The van der Waals surface area contributed by atoms with E-state index in [1.807, 2.05) is 88.4 Å². The van der Waals surface area contributed by atoms with Crippen molar-refractivity contribution < 1.29 is 0 Å². The molecule has 55 heavy (non-hydrogen) atoms. The molecule has 6 rings (SSSR count). The van der Waals surface area contributed by atoms with Gasteiger partial charge < -0.3 is 15.2 Å². The zero-order valence-electron chi connectivity index (χ0n) is 36.2. The van der Waals surface area contributed by atoms with Crippen LogP contribution in [0, 0.1) is 0 Å². The number of allylic oxidation sites excluding steroid dienone is 8. The van der Waals surface area contributed by atoms with E-state index in [0.29, 0.717) is 0 Å². The van der Waals surface area contributed by atoms with E-state index in [4.69, 9.17) is 0 Å². The monoisotopic (exact) mass is 740 g/mol. The maximum atomic E-state index is 3.88. The second kappa shape index (κ2) is 24.1. The van der Waals surface area contributed by atoms with Gasteiger partial charge in [0.15, 0.2) is 0 Å². The molecule has 2 aliphatic rings. The Labute approximate surface area is 336 Å². The summed E-state index contributed by atoms with van der Waals surface area (Å²) in [5.74, 6) is 1.20. The Kier molecular flexibility index (Phi) is 19.7. The largest absolute Gasteiger partial charge is 0.356 e. The van der Waals surface area contributed by atoms with Gasteiger partial charge in [0.1, 0.15) is 5.82 Å². The van der Waals surface area contributed by atoms with Crippen LogP contribution in [0.15, 0.2) is 126 Å². The van der Waals surface area contributed by atoms with Gasteiger partial charge in [-0.05, 0) is 109 Å². The van der Waals surface area contributed by atoms with E-state index in [2.05, 4.69) is 112 Å². The van der Waals surface area contributed by atoms with Crippen LogP contribution in [0.2, 0.25) is 0 Å². The lowest BCUT2D eigenvalue weighted by molar-refractivity contribution is 0.398. The number of para-hydroxylation sites is 2. The van der Waals surface area contributed by atoms with Gasteiger partial charge in [-0.2, -0.15) is 0 Å². The third-order valence-corrected chi connectivity index (χ3v) is 10.6. The number of anilines is 4. The lowest BCUT2D eigenvalue weighted by Gasteiger charge is -2.33. The van der Waals surface area contributed by atoms with Gasteiger partial charge in [-0.25, -0.2) is 0 Å². The lowest BCUT2D eigenvalue weighted by Crippen LogP contribution is -2.26. The van der Waals surface area contributed by atoms with Crippen molar-refractivity contribution in [3.63, 3.8) is 0 Å². The number of H-pyrrole nitrogens is 1. The first-order chi connectivity index (χ1) is 26.9. The number of unbranched alkanes of at least 4 members (excludes halogenated alkanes) is 6. The molecule has 3 aromatic carbocycles. The molecule has 0 saturated heterocycles. The topological polar surface area (TPSA) is 31.1 Å². The maximum Gasteiger partial charge on any atom is 0.110 e. The van der Waals surface area contributed by atoms with Crippen LogP contribution in [0.5, 0.6) is 0 Å². The second-order valence-electron chi connectivity index (χ2n) is 14.4. The highest BCUT2D eigenvalue weighted by atomic mass is 15.2. The van der Waals surface area contributed by atoms with Crippen molar-refractivity contribution >= 4 is 34.0 Å². The van der Waals surface area contributed by atoms with Crippen molar-refractivity contribution in [3.05, 3.63) is 143 Å². The molecule has 1 aromatic heterocycles. The fourth-order valence-electron chi connectivity index (χ4n) is 7.69. The number of aromatic nitrogens is 1. The molecule has 1 heterocycles. The quantitative estimate of drug-likeness (QED) is 0.106. The van der Waals surface area contributed by atoms with Gasteiger partial charge in [0.2, 0.25) is 0 Å². The first-order valence-corrected chi connectivity index (χ1v) is 21.6. The van der Waals surface area contributed by atoms with E-state index in [1.54, 1.807) is 5.57 Å². The Morgan fingerprint density at radius 3 is 1.67 bits per heavy atom. The molecule has 2 aliphatic carbocycles. The Bertz CT molecular complexity index is 1740. The fourth-order valence-corrected chi connectivity index (χ4v) is 7.69. The summed E-state index contributed by atoms with van der Waals surface area (Å²) < 4.78 is 0. The van der Waals surface area contributed by atoms with Crippen molar-refractivity contribution in [2.75, 3.05) is 17.3 Å². The van der Waals surface area contributed by atoms with E-state index >= 15 is 0 Å². The number of fused-ring (bicyclic) bond motifs is 1. The van der Waals surface area contributed by atoms with Gasteiger partial charge >= 0.3 is 0 Å². The summed E-state index contributed by atoms with van der Waals surface area (Å²) in [4.78, 5) is 6.21. The highest BCUT2D eigenvalue weighted by molar-refractivity contribution is 5.85. The van der Waals surface area contributed by atoms with Gasteiger partial charge in [0.25, 0.3) is 0 Å². The van der Waals surface area contributed by atoms with E-state index in [9.17, 15) is 0 Å². The average molecular weight is 740 g/mol. The minimum absolute atomic E-state index is 0.132. The number of aromatic amines is 1. The lowest BCUT2D eigenvalue weighted by atomic mass is 9.70. The van der Waals surface area contributed by atoms with Crippen molar-refractivity contribution in [2.45, 2.75) is 138 Å². The number of nitrogens with one attached hydrogen (secondary N) is 2. The molecule has 0 radical (unpaired) electrons. The van der Waals surface area contributed by atoms with Crippen molar-refractivity contribution in [2.24, 2.45) is 0 Å². The standard InChI is InChI=1S/C36H50N2.C12H11N.2C2H6/c1-7-10-13-15-22-36(23-16-14-11-8-2)32(17-12-9-3)28(5)35-33(36)26-34(37-35)38(6)31-20-18-29(19-21-31)30-24-27(4)25-30;1-3-7-11(8-4-1)13-12-9-5-2-6-10-12;2*1-2/h12,17-21,24-26,37H,7-11,13-16,22-23H2,1-6H3;1-10,13H;2*1-2H3/b17-12-;;;. The zero-order chi connectivity index (χ0) is 40.1. The Hall–Kier alpha value is -4.50. The van der Waals surface area contributed by atoms with Gasteiger partial charge in [0, 0.05) is 35.2 Å². The third-order valence-electron chi connectivity index (χ3n) is 10.6. The molecule has 0 atom stereocenters. The second-order valence-corrected chi connectivity index (χ2v) is 14.4. The van der Waals surface area contributed by atoms with Gasteiger partial charge in [0.05, 0.1) is 0 Å². The SMILES string of the molecule is CC.CC.CC/C=C\C1=C(C)c2[nH]c(N(C)c3ccc(C4=CC(C)=C4)cc3)cc2C1(CCCCCC)CCCCCC.c1ccc(Nc2ccccc2)cc1. The Morgan fingerprint density at radius 1 is 0.673 bits per heavy atom. The van der Waals surface area contributed by atoms with E-state index in [-0.39, 0.29) is 5.41 Å². The Balaban J connectivity index is 0.000000397. The van der Waals surface area contributed by atoms with Crippen LogP contribution in [0.4, 0.5) is 22.9 Å². The summed E-state index contributed by atoms with van der Waals surface area (Å²) in [6.07, 6.45) is 23.5. The van der Waals surface area contributed by atoms with Crippen molar-refractivity contribution in [1.82, 2.24) is 4.98 Å². The van der Waals surface area contributed by atoms with Gasteiger partial charge in [-0.15, -0.1) is 0 Å². The van der Waals surface area contributed by atoms with Crippen LogP contribution in [0.1, 0.15) is 150 Å². The number of rotatable bonds is 17. The van der Waals surface area contributed by atoms with E-state index < -0.39 is 0 Å². The molecule has 3 heteroatoms. The molecule has 0 saturated carbocycles. The average Bonchev–Trinajstić information content (AvgIpc) is 3.76. The number of nitrogens with zero attached hydrogens (tertiary/aromatic N) is 1. The fraction of sp³-hybridized carbons (Fsp3) is 0.423. The van der Waals surface area contributed by atoms with Crippen LogP contribution in [-0.4, -0.2) is 12.0 Å². The molecule has 0 aliphatic heterocycles. The molecule has 0 unspecified atom stereocenters. The highest BCUT2D eigenvalue weighted by Gasteiger charge is 2.43. The van der Waals surface area contributed by atoms with Crippen molar-refractivity contribution in [3.8, 4) is 0 Å². The van der Waals surface area contributed by atoms with Crippen LogP contribution < -0.4 is 10.2 Å². The summed E-state index contributed by atoms with van der Waals surface area (Å²) in [7, 11) is 2.20.